The molecule has 10 aromatic rings. The Morgan fingerprint density at radius 2 is 1.00 bits per heavy atom. The number of para-hydroxylation sites is 2. The standard InChI is InChI=1S/C65H52N2/c1-3-43-39-45-37-42(2)38-46(40-43)64(45)57-26-12-13-27-58(57)65(55-24-10-6-20-51(55)52-21-7-11-25-56(52)65)60-41-49(35-36-59(60)64)66(61-30-16-18-44-17-4-5-19-50(44)61)47-31-33-48(34-32-47)67-62-28-14-8-22-53(62)54-23-9-15-29-63(54)67/h3-36,41-43,45-46H,1,37-40H2,2H3/t42-,43+,45+,46-,64?. The van der Waals surface area contributed by atoms with E-state index in [9.17, 15) is 0 Å². The van der Waals surface area contributed by atoms with Crippen LogP contribution >= 0.6 is 0 Å². The highest BCUT2D eigenvalue weighted by molar-refractivity contribution is 6.09. The van der Waals surface area contributed by atoms with Crippen LogP contribution in [0.3, 0.4) is 0 Å². The van der Waals surface area contributed by atoms with Crippen LogP contribution < -0.4 is 4.90 Å². The van der Waals surface area contributed by atoms with E-state index in [2.05, 4.69) is 235 Å². The van der Waals surface area contributed by atoms with Crippen molar-refractivity contribution in [3.8, 4) is 16.8 Å². The van der Waals surface area contributed by atoms with E-state index < -0.39 is 5.41 Å². The van der Waals surface area contributed by atoms with E-state index in [0.717, 1.165) is 11.4 Å². The summed E-state index contributed by atoms with van der Waals surface area (Å²) in [4.78, 5) is 2.55. The molecule has 14 rings (SSSR count). The fraction of sp³-hybridized carbons (Fsp3) is 0.169. The maximum Gasteiger partial charge on any atom is 0.0720 e. The highest BCUT2D eigenvalue weighted by Gasteiger charge is 2.62. The van der Waals surface area contributed by atoms with E-state index in [4.69, 9.17) is 0 Å². The summed E-state index contributed by atoms with van der Waals surface area (Å²) in [6.07, 6.45) is 7.11. The van der Waals surface area contributed by atoms with E-state index in [-0.39, 0.29) is 5.41 Å². The van der Waals surface area contributed by atoms with Gasteiger partial charge in [0.15, 0.2) is 0 Å². The lowest BCUT2D eigenvalue weighted by Gasteiger charge is -2.61. The van der Waals surface area contributed by atoms with Crippen molar-refractivity contribution in [2.24, 2.45) is 23.7 Å². The van der Waals surface area contributed by atoms with Gasteiger partial charge in [0.25, 0.3) is 0 Å². The minimum absolute atomic E-state index is 0.109. The molecule has 2 spiro atoms. The van der Waals surface area contributed by atoms with Gasteiger partial charge >= 0.3 is 0 Å². The maximum atomic E-state index is 4.41. The molecule has 1 heterocycles. The van der Waals surface area contributed by atoms with Crippen molar-refractivity contribution in [1.82, 2.24) is 4.57 Å². The van der Waals surface area contributed by atoms with Crippen LogP contribution in [-0.2, 0) is 10.8 Å². The van der Waals surface area contributed by atoms with Crippen molar-refractivity contribution in [1.29, 1.82) is 0 Å². The van der Waals surface area contributed by atoms with Gasteiger partial charge in [-0.1, -0.05) is 165 Å². The van der Waals surface area contributed by atoms with Crippen LogP contribution in [-0.4, -0.2) is 4.57 Å². The van der Waals surface area contributed by atoms with Crippen LogP contribution in [0.2, 0.25) is 0 Å². The van der Waals surface area contributed by atoms with Crippen molar-refractivity contribution in [3.05, 3.63) is 252 Å². The molecule has 1 aromatic heterocycles. The lowest BCUT2D eigenvalue weighted by Crippen LogP contribution is -2.56. The number of nitrogens with zero attached hydrogens (tertiary/aromatic N) is 2. The van der Waals surface area contributed by atoms with Crippen molar-refractivity contribution < 1.29 is 0 Å². The topological polar surface area (TPSA) is 8.17 Å². The quantitative estimate of drug-likeness (QED) is 0.157. The molecule has 9 aromatic carbocycles. The predicted molar refractivity (Wildman–Crippen MR) is 279 cm³/mol. The molecular formula is C65H52N2. The molecule has 1 unspecified atom stereocenters. The van der Waals surface area contributed by atoms with Gasteiger partial charge < -0.3 is 9.47 Å². The van der Waals surface area contributed by atoms with Gasteiger partial charge in [0, 0.05) is 38.6 Å². The van der Waals surface area contributed by atoms with Crippen molar-refractivity contribution in [2.75, 3.05) is 4.90 Å². The Kier molecular flexibility index (Phi) is 8.42. The minimum atomic E-state index is -0.500. The van der Waals surface area contributed by atoms with Gasteiger partial charge in [0.2, 0.25) is 0 Å². The number of allylic oxidation sites excluding steroid dienone is 1. The molecule has 0 amide bonds. The first-order valence-electron chi connectivity index (χ1n) is 24.5. The Bertz CT molecular complexity index is 3510. The molecule has 4 aliphatic rings. The highest BCUT2D eigenvalue weighted by atomic mass is 15.1. The molecule has 2 nitrogen and oxygen atoms in total. The zero-order chi connectivity index (χ0) is 44.4. The second kappa shape index (κ2) is 14.5. The molecule has 2 saturated carbocycles. The fourth-order valence-corrected chi connectivity index (χ4v) is 14.6. The van der Waals surface area contributed by atoms with Crippen LogP contribution in [0.4, 0.5) is 17.1 Å². The minimum Gasteiger partial charge on any atom is -0.310 e. The van der Waals surface area contributed by atoms with Crippen molar-refractivity contribution in [3.63, 3.8) is 0 Å². The van der Waals surface area contributed by atoms with E-state index in [0.29, 0.717) is 23.7 Å². The smallest absolute Gasteiger partial charge is 0.0720 e. The summed E-state index contributed by atoms with van der Waals surface area (Å²) in [6.45, 7) is 6.92. The Morgan fingerprint density at radius 1 is 0.478 bits per heavy atom. The molecule has 4 aliphatic carbocycles. The number of rotatable bonds is 5. The molecule has 0 aliphatic heterocycles. The number of aromatic nitrogens is 1. The third-order valence-electron chi connectivity index (χ3n) is 17.0. The number of benzene rings is 9. The van der Waals surface area contributed by atoms with E-state index in [1.54, 1.807) is 5.56 Å². The maximum absolute atomic E-state index is 4.41. The third-order valence-corrected chi connectivity index (χ3v) is 17.0. The van der Waals surface area contributed by atoms with Gasteiger partial charge in [-0.2, -0.15) is 0 Å². The Hall–Kier alpha value is -7.42. The molecular weight excluding hydrogens is 809 g/mol. The van der Waals surface area contributed by atoms with Crippen LogP contribution in [0, 0.1) is 23.7 Å². The van der Waals surface area contributed by atoms with Crippen LogP contribution in [0.15, 0.2) is 219 Å². The first-order valence-corrected chi connectivity index (χ1v) is 24.5. The third kappa shape index (κ3) is 5.22. The van der Waals surface area contributed by atoms with E-state index in [1.165, 1.54) is 109 Å². The van der Waals surface area contributed by atoms with E-state index in [1.807, 2.05) is 0 Å². The zero-order valence-electron chi connectivity index (χ0n) is 37.9. The highest BCUT2D eigenvalue weighted by Crippen LogP contribution is 2.69. The summed E-state index contributed by atoms with van der Waals surface area (Å²) in [5.74, 6) is 2.25. The summed E-state index contributed by atoms with van der Waals surface area (Å²) in [6, 6.07) is 78.7. The first kappa shape index (κ1) is 38.8. The van der Waals surface area contributed by atoms with Gasteiger partial charge in [-0.25, -0.2) is 0 Å². The second-order valence-electron chi connectivity index (χ2n) is 20.1. The molecule has 0 saturated heterocycles. The molecule has 0 radical (unpaired) electrons. The largest absolute Gasteiger partial charge is 0.310 e. The fourth-order valence-electron chi connectivity index (χ4n) is 14.6. The molecule has 67 heavy (non-hydrogen) atoms. The summed E-state index contributed by atoms with van der Waals surface area (Å²) >= 11 is 0. The van der Waals surface area contributed by atoms with Gasteiger partial charge in [-0.3, -0.25) is 0 Å². The van der Waals surface area contributed by atoms with Crippen LogP contribution in [0.1, 0.15) is 66.0 Å². The Morgan fingerprint density at radius 3 is 1.66 bits per heavy atom. The second-order valence-corrected chi connectivity index (χ2v) is 20.1. The molecule has 322 valence electrons. The SMILES string of the molecule is C=C[C@@H]1C[C@H]2C[C@H](C)C[C@@H](C1)C21c2ccccc2C2(c3ccccc3-c3ccccc32)c2cc(N(c3ccc(-n4c5ccccc5c5ccccc54)cc3)c3cccc4ccccc34)ccc21. The number of hydrogen-bond acceptors (Lipinski definition) is 1. The van der Waals surface area contributed by atoms with Gasteiger partial charge in [-0.15, -0.1) is 6.58 Å². The Labute approximate surface area is 393 Å². The number of anilines is 3. The van der Waals surface area contributed by atoms with Gasteiger partial charge in [0.05, 0.1) is 22.1 Å². The molecule has 0 N–H and O–H groups in total. The summed E-state index contributed by atoms with van der Waals surface area (Å²) in [5.41, 5.74) is 17.9. The van der Waals surface area contributed by atoms with Crippen molar-refractivity contribution >= 4 is 49.6 Å². The number of hydrogen-bond donors (Lipinski definition) is 0. The van der Waals surface area contributed by atoms with Gasteiger partial charge in [-0.05, 0) is 154 Å². The number of fused-ring (bicyclic) bond motifs is 13. The average Bonchev–Trinajstić information content (AvgIpc) is 3.87. The monoisotopic (exact) mass is 860 g/mol. The summed E-state index contributed by atoms with van der Waals surface area (Å²) < 4.78 is 2.42. The zero-order valence-corrected chi connectivity index (χ0v) is 37.9. The summed E-state index contributed by atoms with van der Waals surface area (Å²) in [5, 5.41) is 5.00. The Balaban J connectivity index is 1.05. The summed E-state index contributed by atoms with van der Waals surface area (Å²) in [7, 11) is 0. The molecule has 2 bridgehead atoms. The molecule has 2 heteroatoms. The van der Waals surface area contributed by atoms with Crippen molar-refractivity contribution in [2.45, 2.75) is 43.4 Å². The normalized spacial score (nSPS) is 21.8. The first-order chi connectivity index (χ1) is 33.1. The lowest BCUT2D eigenvalue weighted by molar-refractivity contribution is 0.0308. The predicted octanol–water partition coefficient (Wildman–Crippen LogP) is 16.6. The lowest BCUT2D eigenvalue weighted by atomic mass is 9.41. The average molecular weight is 861 g/mol. The molecule has 5 atom stereocenters. The molecule has 2 fully saturated rings. The van der Waals surface area contributed by atoms with E-state index >= 15 is 0 Å². The van der Waals surface area contributed by atoms with Crippen LogP contribution in [0.25, 0.3) is 49.4 Å². The van der Waals surface area contributed by atoms with Gasteiger partial charge in [0.1, 0.15) is 0 Å². The van der Waals surface area contributed by atoms with Crippen LogP contribution in [0.5, 0.6) is 0 Å².